The van der Waals surface area contributed by atoms with Gasteiger partial charge in [-0.2, -0.15) is 0 Å². The summed E-state index contributed by atoms with van der Waals surface area (Å²) in [5, 5.41) is 8.97. The lowest BCUT2D eigenvalue weighted by Gasteiger charge is -2.26. The highest BCUT2D eigenvalue weighted by Gasteiger charge is 2.19. The van der Waals surface area contributed by atoms with Crippen molar-refractivity contribution in [1.29, 1.82) is 0 Å². The SMILES string of the molecule is CC(C)N(CC(=O)O)Cc1cc2c(cc1Br)OCCO2. The van der Waals surface area contributed by atoms with Crippen molar-refractivity contribution in [1.82, 2.24) is 4.90 Å². The summed E-state index contributed by atoms with van der Waals surface area (Å²) < 4.78 is 12.0. The van der Waals surface area contributed by atoms with Crippen LogP contribution in [0.1, 0.15) is 19.4 Å². The van der Waals surface area contributed by atoms with Crippen molar-refractivity contribution in [2.24, 2.45) is 0 Å². The third-order valence-corrected chi connectivity index (χ3v) is 3.89. The van der Waals surface area contributed by atoms with Gasteiger partial charge in [0.1, 0.15) is 13.2 Å². The topological polar surface area (TPSA) is 59.0 Å². The molecular weight excluding hydrogens is 326 g/mol. The number of rotatable bonds is 5. The first-order valence-electron chi connectivity index (χ1n) is 6.51. The zero-order chi connectivity index (χ0) is 14.7. The summed E-state index contributed by atoms with van der Waals surface area (Å²) in [6.45, 7) is 5.61. The minimum Gasteiger partial charge on any atom is -0.486 e. The van der Waals surface area contributed by atoms with Gasteiger partial charge in [-0.3, -0.25) is 9.69 Å². The monoisotopic (exact) mass is 343 g/mol. The van der Waals surface area contributed by atoms with E-state index in [0.717, 1.165) is 15.8 Å². The van der Waals surface area contributed by atoms with Gasteiger partial charge in [0, 0.05) is 17.1 Å². The van der Waals surface area contributed by atoms with Gasteiger partial charge < -0.3 is 14.6 Å². The highest BCUT2D eigenvalue weighted by atomic mass is 79.9. The van der Waals surface area contributed by atoms with E-state index in [9.17, 15) is 4.79 Å². The first-order valence-corrected chi connectivity index (χ1v) is 7.30. The maximum absolute atomic E-state index is 10.9. The Kier molecular flexibility index (Phi) is 4.88. The maximum Gasteiger partial charge on any atom is 0.317 e. The van der Waals surface area contributed by atoms with E-state index in [2.05, 4.69) is 15.9 Å². The number of carboxylic acids is 1. The van der Waals surface area contributed by atoms with Gasteiger partial charge in [0.25, 0.3) is 0 Å². The zero-order valence-corrected chi connectivity index (χ0v) is 13.1. The van der Waals surface area contributed by atoms with Crippen molar-refractivity contribution in [3.05, 3.63) is 22.2 Å². The zero-order valence-electron chi connectivity index (χ0n) is 11.6. The summed E-state index contributed by atoms with van der Waals surface area (Å²) in [7, 11) is 0. The lowest BCUT2D eigenvalue weighted by molar-refractivity contribution is -0.138. The number of nitrogens with zero attached hydrogens (tertiary/aromatic N) is 1. The highest BCUT2D eigenvalue weighted by molar-refractivity contribution is 9.10. The molecule has 0 atom stereocenters. The van der Waals surface area contributed by atoms with Crippen LogP contribution in [-0.4, -0.2) is 41.8 Å². The Morgan fingerprint density at radius 3 is 2.50 bits per heavy atom. The Hall–Kier alpha value is -1.27. The van der Waals surface area contributed by atoms with Crippen LogP contribution in [0.15, 0.2) is 16.6 Å². The minimum atomic E-state index is -0.827. The van der Waals surface area contributed by atoms with E-state index in [-0.39, 0.29) is 12.6 Å². The van der Waals surface area contributed by atoms with E-state index in [1.165, 1.54) is 0 Å². The van der Waals surface area contributed by atoms with Gasteiger partial charge in [-0.25, -0.2) is 0 Å². The van der Waals surface area contributed by atoms with Gasteiger partial charge in [-0.1, -0.05) is 15.9 Å². The molecule has 0 aromatic heterocycles. The van der Waals surface area contributed by atoms with Crippen LogP contribution in [-0.2, 0) is 11.3 Å². The lowest BCUT2D eigenvalue weighted by Crippen LogP contribution is -2.35. The molecule has 0 spiro atoms. The first kappa shape index (κ1) is 15.1. The molecule has 0 radical (unpaired) electrons. The Balaban J connectivity index is 2.21. The average Bonchev–Trinajstić information content (AvgIpc) is 2.38. The van der Waals surface area contributed by atoms with E-state index in [1.807, 2.05) is 30.9 Å². The molecule has 5 nitrogen and oxygen atoms in total. The van der Waals surface area contributed by atoms with Crippen LogP contribution in [0.5, 0.6) is 11.5 Å². The van der Waals surface area contributed by atoms with Crippen molar-refractivity contribution < 1.29 is 19.4 Å². The van der Waals surface area contributed by atoms with E-state index >= 15 is 0 Å². The maximum atomic E-state index is 10.9. The van der Waals surface area contributed by atoms with Crippen LogP contribution in [0.3, 0.4) is 0 Å². The molecule has 20 heavy (non-hydrogen) atoms. The van der Waals surface area contributed by atoms with Gasteiger partial charge >= 0.3 is 5.97 Å². The Labute approximate surface area is 126 Å². The second-order valence-corrected chi connectivity index (χ2v) is 5.83. The normalized spacial score (nSPS) is 13.8. The Morgan fingerprint density at radius 2 is 1.95 bits per heavy atom. The number of aliphatic carboxylic acids is 1. The Morgan fingerprint density at radius 1 is 1.35 bits per heavy atom. The molecule has 0 aliphatic carbocycles. The largest absolute Gasteiger partial charge is 0.486 e. The number of ether oxygens (including phenoxy) is 2. The molecule has 1 heterocycles. The number of carboxylic acid groups (broad SMARTS) is 1. The fourth-order valence-corrected chi connectivity index (χ4v) is 2.49. The van der Waals surface area contributed by atoms with E-state index in [1.54, 1.807) is 0 Å². The number of benzene rings is 1. The molecular formula is C14H18BrNO4. The predicted molar refractivity (Wildman–Crippen MR) is 78.3 cm³/mol. The molecule has 0 fully saturated rings. The van der Waals surface area contributed by atoms with Gasteiger partial charge in [-0.05, 0) is 31.5 Å². The average molecular weight is 344 g/mol. The molecule has 2 rings (SSSR count). The highest BCUT2D eigenvalue weighted by Crippen LogP contribution is 2.36. The molecule has 0 amide bonds. The van der Waals surface area contributed by atoms with Crippen LogP contribution in [0.25, 0.3) is 0 Å². The molecule has 1 aliphatic rings. The van der Waals surface area contributed by atoms with Crippen molar-refractivity contribution in [3.63, 3.8) is 0 Å². The van der Waals surface area contributed by atoms with Crippen molar-refractivity contribution in [2.45, 2.75) is 26.4 Å². The Bertz CT molecular complexity index is 504. The summed E-state index contributed by atoms with van der Waals surface area (Å²) in [5.41, 5.74) is 0.990. The number of hydrogen-bond donors (Lipinski definition) is 1. The van der Waals surface area contributed by atoms with Crippen LogP contribution >= 0.6 is 15.9 Å². The van der Waals surface area contributed by atoms with Crippen LogP contribution in [0, 0.1) is 0 Å². The first-order chi connectivity index (χ1) is 9.47. The molecule has 0 bridgehead atoms. The van der Waals surface area contributed by atoms with E-state index in [0.29, 0.717) is 25.5 Å². The second kappa shape index (κ2) is 6.45. The van der Waals surface area contributed by atoms with Crippen molar-refractivity contribution in [3.8, 4) is 11.5 Å². The number of hydrogen-bond acceptors (Lipinski definition) is 4. The molecule has 1 aliphatic heterocycles. The number of carbonyl (C=O) groups is 1. The van der Waals surface area contributed by atoms with Crippen LogP contribution < -0.4 is 9.47 Å². The fourth-order valence-electron chi connectivity index (χ4n) is 2.04. The summed E-state index contributed by atoms with van der Waals surface area (Å²) in [6.07, 6.45) is 0. The van der Waals surface area contributed by atoms with Crippen LogP contribution in [0.2, 0.25) is 0 Å². The molecule has 0 saturated heterocycles. The molecule has 6 heteroatoms. The smallest absolute Gasteiger partial charge is 0.317 e. The summed E-state index contributed by atoms with van der Waals surface area (Å²) in [4.78, 5) is 12.8. The molecule has 0 saturated carbocycles. The van der Waals surface area contributed by atoms with Gasteiger partial charge in [0.05, 0.1) is 6.54 Å². The minimum absolute atomic E-state index is 0.0124. The molecule has 0 unspecified atom stereocenters. The summed E-state index contributed by atoms with van der Waals surface area (Å²) >= 11 is 3.51. The third-order valence-electron chi connectivity index (χ3n) is 3.15. The standard InChI is InChI=1S/C14H18BrNO4/c1-9(2)16(8-14(17)18)7-10-5-12-13(6-11(10)15)20-4-3-19-12/h5-6,9H,3-4,7-8H2,1-2H3,(H,17,18). The fraction of sp³-hybridized carbons (Fsp3) is 0.500. The van der Waals surface area contributed by atoms with E-state index < -0.39 is 5.97 Å². The predicted octanol–water partition coefficient (Wildman–Crippen LogP) is 2.52. The van der Waals surface area contributed by atoms with Gasteiger partial charge in [0.2, 0.25) is 0 Å². The molecule has 1 aromatic carbocycles. The molecule has 1 N–H and O–H groups in total. The summed E-state index contributed by atoms with van der Waals surface area (Å²) in [6, 6.07) is 3.94. The van der Waals surface area contributed by atoms with Crippen molar-refractivity contribution >= 4 is 21.9 Å². The van der Waals surface area contributed by atoms with Crippen LogP contribution in [0.4, 0.5) is 0 Å². The van der Waals surface area contributed by atoms with E-state index in [4.69, 9.17) is 14.6 Å². The quantitative estimate of drug-likeness (QED) is 0.890. The number of halogens is 1. The summed E-state index contributed by atoms with van der Waals surface area (Å²) in [5.74, 6) is 0.613. The van der Waals surface area contributed by atoms with Gasteiger partial charge in [0.15, 0.2) is 11.5 Å². The second-order valence-electron chi connectivity index (χ2n) is 4.98. The number of fused-ring (bicyclic) bond motifs is 1. The van der Waals surface area contributed by atoms with Gasteiger partial charge in [-0.15, -0.1) is 0 Å². The molecule has 1 aromatic rings. The van der Waals surface area contributed by atoms with Crippen molar-refractivity contribution in [2.75, 3.05) is 19.8 Å². The lowest BCUT2D eigenvalue weighted by atomic mass is 10.1. The third kappa shape index (κ3) is 3.64. The molecule has 110 valence electrons.